The average Bonchev–Trinajstić information content (AvgIpc) is 2.40. The van der Waals surface area contributed by atoms with Crippen molar-refractivity contribution in [3.05, 3.63) is 23.9 Å². The summed E-state index contributed by atoms with van der Waals surface area (Å²) in [5.41, 5.74) is 1.46. The maximum absolute atomic E-state index is 4.61. The van der Waals surface area contributed by atoms with Crippen LogP contribution in [0.3, 0.4) is 0 Å². The second kappa shape index (κ2) is 5.88. The standard InChI is InChI=1S/C15H26N4/c1-5-16-10-13-6-7-14(17-11-13)19-9-8-18(4)15(2,3)12-19/h6-7,11,16H,5,8-10,12H2,1-4H3. The summed E-state index contributed by atoms with van der Waals surface area (Å²) in [5, 5.41) is 3.32. The van der Waals surface area contributed by atoms with Crippen molar-refractivity contribution < 1.29 is 0 Å². The normalized spacial score (nSPS) is 19.7. The summed E-state index contributed by atoms with van der Waals surface area (Å²) in [6.45, 7) is 11.8. The number of nitrogens with zero attached hydrogens (tertiary/aromatic N) is 3. The second-order valence-electron chi connectivity index (χ2n) is 5.96. The Kier molecular flexibility index (Phi) is 4.42. The Morgan fingerprint density at radius 1 is 1.32 bits per heavy atom. The third-order valence-corrected chi connectivity index (χ3v) is 4.03. The van der Waals surface area contributed by atoms with E-state index in [1.165, 1.54) is 5.56 Å². The molecule has 0 bridgehead atoms. The van der Waals surface area contributed by atoms with Gasteiger partial charge < -0.3 is 10.2 Å². The van der Waals surface area contributed by atoms with Crippen molar-refractivity contribution in [2.24, 2.45) is 0 Å². The molecule has 4 heteroatoms. The van der Waals surface area contributed by atoms with Gasteiger partial charge in [0.05, 0.1) is 0 Å². The summed E-state index contributed by atoms with van der Waals surface area (Å²) in [5.74, 6) is 1.10. The number of rotatable bonds is 4. The maximum atomic E-state index is 4.61. The number of hydrogen-bond acceptors (Lipinski definition) is 4. The lowest BCUT2D eigenvalue weighted by atomic mass is 10.00. The molecule has 4 nitrogen and oxygen atoms in total. The van der Waals surface area contributed by atoms with Gasteiger partial charge in [-0.1, -0.05) is 13.0 Å². The lowest BCUT2D eigenvalue weighted by Crippen LogP contribution is -2.57. The highest BCUT2D eigenvalue weighted by Gasteiger charge is 2.31. The minimum Gasteiger partial charge on any atom is -0.354 e. The highest BCUT2D eigenvalue weighted by molar-refractivity contribution is 5.40. The van der Waals surface area contributed by atoms with Gasteiger partial charge in [0, 0.05) is 37.9 Å². The van der Waals surface area contributed by atoms with E-state index in [9.17, 15) is 0 Å². The molecule has 1 aliphatic heterocycles. The molecule has 0 radical (unpaired) electrons. The van der Waals surface area contributed by atoms with Crippen molar-refractivity contribution >= 4 is 5.82 Å². The quantitative estimate of drug-likeness (QED) is 0.895. The summed E-state index contributed by atoms with van der Waals surface area (Å²) in [7, 11) is 2.20. The summed E-state index contributed by atoms with van der Waals surface area (Å²) in [6.07, 6.45) is 1.99. The third-order valence-electron chi connectivity index (χ3n) is 4.03. The van der Waals surface area contributed by atoms with Crippen LogP contribution in [0.2, 0.25) is 0 Å². The van der Waals surface area contributed by atoms with Crippen molar-refractivity contribution in [3.8, 4) is 0 Å². The highest BCUT2D eigenvalue weighted by atomic mass is 15.3. The van der Waals surface area contributed by atoms with Gasteiger partial charge >= 0.3 is 0 Å². The van der Waals surface area contributed by atoms with E-state index in [1.54, 1.807) is 0 Å². The number of piperazine rings is 1. The Balaban J connectivity index is 2.02. The predicted octanol–water partition coefficient (Wildman–Crippen LogP) is 1.72. The highest BCUT2D eigenvalue weighted by Crippen LogP contribution is 2.22. The molecule has 0 atom stereocenters. The fourth-order valence-corrected chi connectivity index (χ4v) is 2.41. The van der Waals surface area contributed by atoms with E-state index in [2.05, 4.69) is 60.1 Å². The Morgan fingerprint density at radius 3 is 2.68 bits per heavy atom. The fraction of sp³-hybridized carbons (Fsp3) is 0.667. The molecule has 0 saturated carbocycles. The molecule has 1 fully saturated rings. The minimum atomic E-state index is 0.211. The van der Waals surface area contributed by atoms with Gasteiger partial charge in [0.1, 0.15) is 5.82 Å². The Bertz CT molecular complexity index is 399. The van der Waals surface area contributed by atoms with Crippen LogP contribution in [0.25, 0.3) is 0 Å². The Morgan fingerprint density at radius 2 is 2.11 bits per heavy atom. The minimum absolute atomic E-state index is 0.211. The monoisotopic (exact) mass is 262 g/mol. The molecule has 19 heavy (non-hydrogen) atoms. The topological polar surface area (TPSA) is 31.4 Å². The van der Waals surface area contributed by atoms with Crippen LogP contribution in [0, 0.1) is 0 Å². The molecule has 0 aromatic carbocycles. The summed E-state index contributed by atoms with van der Waals surface area (Å²) >= 11 is 0. The molecule has 1 saturated heterocycles. The number of anilines is 1. The van der Waals surface area contributed by atoms with Crippen LogP contribution in [0.15, 0.2) is 18.3 Å². The van der Waals surface area contributed by atoms with E-state index in [4.69, 9.17) is 0 Å². The molecule has 106 valence electrons. The lowest BCUT2D eigenvalue weighted by molar-refractivity contribution is 0.138. The van der Waals surface area contributed by atoms with E-state index >= 15 is 0 Å². The van der Waals surface area contributed by atoms with Gasteiger partial charge in [0.15, 0.2) is 0 Å². The summed E-state index contributed by atoms with van der Waals surface area (Å²) in [4.78, 5) is 9.42. The third kappa shape index (κ3) is 3.45. The average molecular weight is 262 g/mol. The smallest absolute Gasteiger partial charge is 0.128 e. The van der Waals surface area contributed by atoms with Crippen molar-refractivity contribution in [2.45, 2.75) is 32.9 Å². The van der Waals surface area contributed by atoms with E-state index in [1.807, 2.05) is 6.20 Å². The van der Waals surface area contributed by atoms with Gasteiger partial charge in [-0.2, -0.15) is 0 Å². The van der Waals surface area contributed by atoms with Gasteiger partial charge in [0.2, 0.25) is 0 Å². The van der Waals surface area contributed by atoms with Gasteiger partial charge in [-0.15, -0.1) is 0 Å². The number of aromatic nitrogens is 1. The van der Waals surface area contributed by atoms with Gasteiger partial charge in [0.25, 0.3) is 0 Å². The van der Waals surface area contributed by atoms with Crippen LogP contribution in [0.5, 0.6) is 0 Å². The Labute approximate surface area is 116 Å². The molecular formula is C15H26N4. The molecule has 0 unspecified atom stereocenters. The van der Waals surface area contributed by atoms with Crippen LogP contribution in [0.1, 0.15) is 26.3 Å². The molecule has 1 aliphatic rings. The number of likely N-dealkylation sites (N-methyl/N-ethyl adjacent to an activating group) is 1. The fourth-order valence-electron chi connectivity index (χ4n) is 2.41. The first-order valence-corrected chi connectivity index (χ1v) is 7.15. The second-order valence-corrected chi connectivity index (χ2v) is 5.96. The van der Waals surface area contributed by atoms with Crippen LogP contribution >= 0.6 is 0 Å². The van der Waals surface area contributed by atoms with Crippen molar-refractivity contribution in [3.63, 3.8) is 0 Å². The summed E-state index contributed by atoms with van der Waals surface area (Å²) in [6, 6.07) is 4.32. The van der Waals surface area contributed by atoms with Gasteiger partial charge in [-0.05, 0) is 39.1 Å². The maximum Gasteiger partial charge on any atom is 0.128 e. The first-order valence-electron chi connectivity index (χ1n) is 7.15. The molecule has 2 rings (SSSR count). The zero-order valence-corrected chi connectivity index (χ0v) is 12.6. The van der Waals surface area contributed by atoms with Gasteiger partial charge in [-0.3, -0.25) is 4.90 Å². The van der Waals surface area contributed by atoms with Crippen LogP contribution in [0.4, 0.5) is 5.82 Å². The molecule has 2 heterocycles. The van der Waals surface area contributed by atoms with Crippen molar-refractivity contribution in [1.82, 2.24) is 15.2 Å². The molecule has 1 N–H and O–H groups in total. The zero-order chi connectivity index (χ0) is 13.9. The van der Waals surface area contributed by atoms with Crippen molar-refractivity contribution in [1.29, 1.82) is 0 Å². The largest absolute Gasteiger partial charge is 0.354 e. The van der Waals surface area contributed by atoms with Crippen LogP contribution in [-0.2, 0) is 6.54 Å². The molecule has 1 aromatic rings. The van der Waals surface area contributed by atoms with Crippen molar-refractivity contribution in [2.75, 3.05) is 38.1 Å². The number of nitrogens with one attached hydrogen (secondary N) is 1. The number of hydrogen-bond donors (Lipinski definition) is 1. The lowest BCUT2D eigenvalue weighted by Gasteiger charge is -2.45. The van der Waals surface area contributed by atoms with E-state index in [0.29, 0.717) is 0 Å². The molecule has 0 amide bonds. The predicted molar refractivity (Wildman–Crippen MR) is 80.5 cm³/mol. The van der Waals surface area contributed by atoms with E-state index in [-0.39, 0.29) is 5.54 Å². The van der Waals surface area contributed by atoms with E-state index < -0.39 is 0 Å². The number of pyridine rings is 1. The molecule has 0 aliphatic carbocycles. The first kappa shape index (κ1) is 14.3. The van der Waals surface area contributed by atoms with Crippen LogP contribution in [-0.4, -0.2) is 48.6 Å². The molecule has 0 spiro atoms. The van der Waals surface area contributed by atoms with Crippen LogP contribution < -0.4 is 10.2 Å². The first-order chi connectivity index (χ1) is 9.03. The Hall–Kier alpha value is -1.13. The zero-order valence-electron chi connectivity index (χ0n) is 12.6. The van der Waals surface area contributed by atoms with E-state index in [0.717, 1.165) is 38.5 Å². The van der Waals surface area contributed by atoms with Gasteiger partial charge in [-0.25, -0.2) is 4.98 Å². The molecule has 1 aromatic heterocycles. The SMILES string of the molecule is CCNCc1ccc(N2CCN(C)C(C)(C)C2)nc1. The molecular weight excluding hydrogens is 236 g/mol. The summed E-state index contributed by atoms with van der Waals surface area (Å²) < 4.78 is 0.